The molecule has 0 heterocycles. The van der Waals surface area contributed by atoms with Crippen LogP contribution in [0.25, 0.3) is 0 Å². The molecule has 26 heavy (non-hydrogen) atoms. The average molecular weight is 368 g/mol. The number of carbonyl (C=O) groups excluding carboxylic acids is 1. The van der Waals surface area contributed by atoms with Gasteiger partial charge < -0.3 is 5.32 Å². The van der Waals surface area contributed by atoms with Gasteiger partial charge in [0, 0.05) is 22.7 Å². The summed E-state index contributed by atoms with van der Waals surface area (Å²) in [5.74, 6) is -0.395. The third-order valence-electron chi connectivity index (χ3n) is 4.22. The fourth-order valence-corrected chi connectivity index (χ4v) is 2.86. The molecule has 3 aromatic rings. The molecule has 0 aliphatic carbocycles. The van der Waals surface area contributed by atoms with E-state index in [2.05, 4.69) is 5.32 Å². The number of Topliss-reactive ketones (excluding diaryl/α,β-unsaturated/α-hetero) is 1. The Balaban J connectivity index is 1.84. The van der Waals surface area contributed by atoms with Crippen LogP contribution >= 0.6 is 11.6 Å². The van der Waals surface area contributed by atoms with Crippen molar-refractivity contribution in [2.24, 2.45) is 0 Å². The second kappa shape index (κ2) is 8.15. The Morgan fingerprint density at radius 1 is 0.962 bits per heavy atom. The van der Waals surface area contributed by atoms with Gasteiger partial charge in [-0.2, -0.15) is 0 Å². The van der Waals surface area contributed by atoms with E-state index in [-0.39, 0.29) is 24.1 Å². The highest BCUT2D eigenvalue weighted by Gasteiger charge is 2.17. The zero-order chi connectivity index (χ0) is 18.5. The summed E-state index contributed by atoms with van der Waals surface area (Å²) in [6.07, 6.45) is 0.261. The molecular weight excluding hydrogens is 349 g/mol. The molecule has 1 N–H and O–H groups in total. The maximum Gasteiger partial charge on any atom is 0.165 e. The second-order valence-corrected chi connectivity index (χ2v) is 6.69. The number of halogens is 2. The van der Waals surface area contributed by atoms with Crippen molar-refractivity contribution < 1.29 is 9.18 Å². The van der Waals surface area contributed by atoms with Crippen molar-refractivity contribution in [2.45, 2.75) is 19.4 Å². The lowest BCUT2D eigenvalue weighted by Crippen LogP contribution is -2.16. The third-order valence-corrected chi connectivity index (χ3v) is 4.47. The van der Waals surface area contributed by atoms with Gasteiger partial charge in [-0.3, -0.25) is 4.79 Å². The molecule has 0 aromatic heterocycles. The van der Waals surface area contributed by atoms with Crippen LogP contribution in [-0.2, 0) is 0 Å². The number of carbonyl (C=O) groups is 1. The fourth-order valence-electron chi connectivity index (χ4n) is 2.74. The predicted octanol–water partition coefficient (Wildman–Crippen LogP) is 6.21. The minimum absolute atomic E-state index is 0.0444. The monoisotopic (exact) mass is 367 g/mol. The van der Waals surface area contributed by atoms with Crippen LogP contribution in [0.15, 0.2) is 72.8 Å². The van der Waals surface area contributed by atoms with E-state index in [1.165, 1.54) is 24.3 Å². The maximum absolute atomic E-state index is 13.1. The van der Waals surface area contributed by atoms with Gasteiger partial charge in [0.25, 0.3) is 0 Å². The molecule has 4 heteroatoms. The van der Waals surface area contributed by atoms with Gasteiger partial charge in [0.2, 0.25) is 0 Å². The van der Waals surface area contributed by atoms with Gasteiger partial charge in [0.05, 0.1) is 6.04 Å². The Morgan fingerprint density at radius 3 is 2.19 bits per heavy atom. The first kappa shape index (κ1) is 18.2. The summed E-state index contributed by atoms with van der Waals surface area (Å²) in [6, 6.07) is 20.9. The highest BCUT2D eigenvalue weighted by atomic mass is 35.5. The average Bonchev–Trinajstić information content (AvgIpc) is 2.64. The molecule has 0 spiro atoms. The van der Waals surface area contributed by atoms with Gasteiger partial charge in [0.15, 0.2) is 5.78 Å². The molecule has 0 fully saturated rings. The lowest BCUT2D eigenvalue weighted by molar-refractivity contribution is 0.0976. The summed E-state index contributed by atoms with van der Waals surface area (Å²) in [7, 11) is 0. The first-order valence-electron chi connectivity index (χ1n) is 8.39. The summed E-state index contributed by atoms with van der Waals surface area (Å²) >= 11 is 5.95. The van der Waals surface area contributed by atoms with Gasteiger partial charge in [-0.1, -0.05) is 41.4 Å². The molecule has 132 valence electrons. The molecule has 0 aliphatic heterocycles. The largest absolute Gasteiger partial charge is 0.378 e. The summed E-state index contributed by atoms with van der Waals surface area (Å²) in [5.41, 5.74) is 3.55. The fraction of sp³-hybridized carbons (Fsp3) is 0.136. The predicted molar refractivity (Wildman–Crippen MR) is 104 cm³/mol. The molecule has 0 saturated carbocycles. The quantitative estimate of drug-likeness (QED) is 0.524. The van der Waals surface area contributed by atoms with E-state index in [1.807, 2.05) is 43.3 Å². The van der Waals surface area contributed by atoms with Crippen LogP contribution in [0, 0.1) is 12.7 Å². The lowest BCUT2D eigenvalue weighted by Gasteiger charge is -2.20. The van der Waals surface area contributed by atoms with E-state index in [0.717, 1.165) is 16.8 Å². The number of anilines is 1. The van der Waals surface area contributed by atoms with Crippen molar-refractivity contribution in [3.05, 3.63) is 100 Å². The van der Waals surface area contributed by atoms with E-state index in [0.29, 0.717) is 10.6 Å². The summed E-state index contributed by atoms with van der Waals surface area (Å²) in [5, 5.41) is 4.06. The highest BCUT2D eigenvalue weighted by molar-refractivity contribution is 6.30. The third kappa shape index (κ3) is 4.70. The number of hydrogen-bond acceptors (Lipinski definition) is 2. The highest BCUT2D eigenvalue weighted by Crippen LogP contribution is 2.26. The van der Waals surface area contributed by atoms with E-state index in [1.54, 1.807) is 12.1 Å². The minimum Gasteiger partial charge on any atom is -0.378 e. The topological polar surface area (TPSA) is 29.1 Å². The van der Waals surface area contributed by atoms with Crippen LogP contribution in [0.2, 0.25) is 5.02 Å². The SMILES string of the molecule is Cc1ccc(C(CC(=O)c2ccc(F)cc2)Nc2ccc(Cl)cc2)cc1. The van der Waals surface area contributed by atoms with Crippen LogP contribution < -0.4 is 5.32 Å². The lowest BCUT2D eigenvalue weighted by atomic mass is 9.97. The molecule has 0 saturated heterocycles. The number of ketones is 1. The second-order valence-electron chi connectivity index (χ2n) is 6.25. The zero-order valence-corrected chi connectivity index (χ0v) is 15.1. The van der Waals surface area contributed by atoms with Crippen molar-refractivity contribution >= 4 is 23.1 Å². The summed E-state index contributed by atoms with van der Waals surface area (Å²) in [6.45, 7) is 2.02. The molecule has 1 atom stereocenters. The minimum atomic E-state index is -0.351. The first-order valence-corrected chi connectivity index (χ1v) is 8.76. The van der Waals surface area contributed by atoms with Gasteiger partial charge >= 0.3 is 0 Å². The van der Waals surface area contributed by atoms with E-state index < -0.39 is 0 Å². The molecule has 0 bridgehead atoms. The normalized spacial score (nSPS) is 11.8. The summed E-state index contributed by atoms with van der Waals surface area (Å²) < 4.78 is 13.1. The van der Waals surface area contributed by atoms with E-state index >= 15 is 0 Å². The Hall–Kier alpha value is -2.65. The number of nitrogens with one attached hydrogen (secondary N) is 1. The molecule has 3 rings (SSSR count). The van der Waals surface area contributed by atoms with Gasteiger partial charge in [-0.25, -0.2) is 4.39 Å². The number of rotatable bonds is 6. The molecule has 1 unspecified atom stereocenters. The Kier molecular flexibility index (Phi) is 5.69. The zero-order valence-electron chi connectivity index (χ0n) is 14.4. The van der Waals surface area contributed by atoms with E-state index in [9.17, 15) is 9.18 Å². The molecule has 0 aliphatic rings. The van der Waals surface area contributed by atoms with Crippen LogP contribution in [0.3, 0.4) is 0 Å². The van der Waals surface area contributed by atoms with E-state index in [4.69, 9.17) is 11.6 Å². The molecule has 0 radical (unpaired) electrons. The number of hydrogen-bond donors (Lipinski definition) is 1. The number of aryl methyl sites for hydroxylation is 1. The van der Waals surface area contributed by atoms with Crippen molar-refractivity contribution in [3.8, 4) is 0 Å². The van der Waals surface area contributed by atoms with Crippen molar-refractivity contribution in [1.29, 1.82) is 0 Å². The summed E-state index contributed by atoms with van der Waals surface area (Å²) in [4.78, 5) is 12.7. The Bertz CT molecular complexity index is 874. The molecule has 3 aromatic carbocycles. The maximum atomic E-state index is 13.1. The van der Waals surface area contributed by atoms with Gasteiger partial charge in [0.1, 0.15) is 5.82 Å². The van der Waals surface area contributed by atoms with Crippen molar-refractivity contribution in [1.82, 2.24) is 0 Å². The first-order chi connectivity index (χ1) is 12.5. The molecular formula is C22H19ClFNO. The van der Waals surface area contributed by atoms with Crippen molar-refractivity contribution in [3.63, 3.8) is 0 Å². The van der Waals surface area contributed by atoms with Gasteiger partial charge in [-0.15, -0.1) is 0 Å². The molecule has 0 amide bonds. The Morgan fingerprint density at radius 2 is 1.58 bits per heavy atom. The number of benzene rings is 3. The van der Waals surface area contributed by atoms with Crippen LogP contribution in [0.4, 0.5) is 10.1 Å². The standard InChI is InChI=1S/C22H19ClFNO/c1-15-2-4-16(5-3-15)21(25-20-12-8-18(23)9-13-20)14-22(26)17-6-10-19(24)11-7-17/h2-13,21,25H,14H2,1H3. The molecule has 2 nitrogen and oxygen atoms in total. The van der Waals surface area contributed by atoms with Crippen LogP contribution in [0.5, 0.6) is 0 Å². The van der Waals surface area contributed by atoms with Crippen LogP contribution in [-0.4, -0.2) is 5.78 Å². The Labute approximate surface area is 157 Å². The smallest absolute Gasteiger partial charge is 0.165 e. The van der Waals surface area contributed by atoms with Crippen molar-refractivity contribution in [2.75, 3.05) is 5.32 Å². The van der Waals surface area contributed by atoms with Crippen LogP contribution in [0.1, 0.15) is 33.9 Å². The van der Waals surface area contributed by atoms with Gasteiger partial charge in [-0.05, 0) is 61.0 Å².